The largest absolute Gasteiger partial charge is 0.416 e. The monoisotopic (exact) mass is 383 g/mol. The van der Waals surface area contributed by atoms with Gasteiger partial charge in [0.25, 0.3) is 0 Å². The molecule has 0 saturated heterocycles. The van der Waals surface area contributed by atoms with Crippen molar-refractivity contribution >= 4 is 5.91 Å². The van der Waals surface area contributed by atoms with Crippen molar-refractivity contribution in [2.24, 2.45) is 0 Å². The van der Waals surface area contributed by atoms with Gasteiger partial charge in [-0.05, 0) is 30.2 Å². The molecule has 1 amide bonds. The zero-order valence-electron chi connectivity index (χ0n) is 14.5. The van der Waals surface area contributed by atoms with Crippen molar-refractivity contribution in [1.29, 1.82) is 0 Å². The zero-order valence-corrected chi connectivity index (χ0v) is 14.5. The van der Waals surface area contributed by atoms with Gasteiger partial charge in [0.15, 0.2) is 0 Å². The normalized spacial score (nSPS) is 16.0. The van der Waals surface area contributed by atoms with E-state index in [-0.39, 0.29) is 12.3 Å². The van der Waals surface area contributed by atoms with Crippen LogP contribution >= 0.6 is 0 Å². The van der Waals surface area contributed by atoms with Crippen molar-refractivity contribution < 1.29 is 28.2 Å². The fourth-order valence-electron chi connectivity index (χ4n) is 3.05. The van der Waals surface area contributed by atoms with Gasteiger partial charge in [-0.15, -0.1) is 0 Å². The minimum Gasteiger partial charge on any atom is -0.393 e. The summed E-state index contributed by atoms with van der Waals surface area (Å²) in [5, 5.41) is 23.0. The van der Waals surface area contributed by atoms with E-state index in [1.54, 1.807) is 15.6 Å². The molecule has 0 radical (unpaired) electrons. The Balaban J connectivity index is 1.69. The molecule has 1 aromatic heterocycles. The minimum absolute atomic E-state index is 0.0123. The van der Waals surface area contributed by atoms with Gasteiger partial charge >= 0.3 is 6.18 Å². The van der Waals surface area contributed by atoms with Crippen LogP contribution in [0.15, 0.2) is 30.3 Å². The molecule has 1 aromatic carbocycles. The number of halogens is 3. The first-order chi connectivity index (χ1) is 12.8. The SMILES string of the molecule is O=C(Cc1ccc(C(F)(F)F)cc1)N1CCCn2nc([C@@H](O)CO)cc2C1. The van der Waals surface area contributed by atoms with E-state index < -0.39 is 24.5 Å². The van der Waals surface area contributed by atoms with Crippen LogP contribution in [-0.4, -0.2) is 44.0 Å². The maximum atomic E-state index is 12.6. The van der Waals surface area contributed by atoms with Gasteiger partial charge in [0.2, 0.25) is 5.91 Å². The van der Waals surface area contributed by atoms with E-state index in [1.165, 1.54) is 12.1 Å². The first kappa shape index (κ1) is 19.4. The van der Waals surface area contributed by atoms with Gasteiger partial charge in [0.05, 0.1) is 36.5 Å². The van der Waals surface area contributed by atoms with Gasteiger partial charge < -0.3 is 15.1 Å². The molecule has 146 valence electrons. The molecule has 0 spiro atoms. The van der Waals surface area contributed by atoms with Gasteiger partial charge in [-0.1, -0.05) is 12.1 Å². The summed E-state index contributed by atoms with van der Waals surface area (Å²) in [5.74, 6) is -0.186. The average Bonchev–Trinajstić information content (AvgIpc) is 2.92. The van der Waals surface area contributed by atoms with E-state index in [0.717, 1.165) is 17.8 Å². The van der Waals surface area contributed by atoms with Crippen LogP contribution in [0.3, 0.4) is 0 Å². The van der Waals surface area contributed by atoms with Crippen LogP contribution in [-0.2, 0) is 30.5 Å². The number of hydrogen-bond donors (Lipinski definition) is 2. The number of amides is 1. The van der Waals surface area contributed by atoms with Gasteiger partial charge in [0, 0.05) is 13.1 Å². The summed E-state index contributed by atoms with van der Waals surface area (Å²) in [6, 6.07) is 6.24. The number of aromatic nitrogens is 2. The molecule has 3 rings (SSSR count). The number of aliphatic hydroxyl groups excluding tert-OH is 2. The van der Waals surface area contributed by atoms with Gasteiger partial charge in [0.1, 0.15) is 6.10 Å². The highest BCUT2D eigenvalue weighted by atomic mass is 19.4. The number of rotatable bonds is 4. The van der Waals surface area contributed by atoms with Gasteiger partial charge in [-0.25, -0.2) is 0 Å². The van der Waals surface area contributed by atoms with Crippen LogP contribution in [0.1, 0.15) is 35.0 Å². The number of aryl methyl sites for hydroxylation is 1. The van der Waals surface area contributed by atoms with Crippen LogP contribution in [0.5, 0.6) is 0 Å². The topological polar surface area (TPSA) is 78.6 Å². The Hall–Kier alpha value is -2.39. The summed E-state index contributed by atoms with van der Waals surface area (Å²) in [6.07, 6.45) is -4.79. The average molecular weight is 383 g/mol. The lowest BCUT2D eigenvalue weighted by Crippen LogP contribution is -2.32. The molecule has 1 atom stereocenters. The summed E-state index contributed by atoms with van der Waals surface area (Å²) < 4.78 is 39.6. The van der Waals surface area contributed by atoms with Crippen molar-refractivity contribution in [1.82, 2.24) is 14.7 Å². The van der Waals surface area contributed by atoms with E-state index in [1.807, 2.05) is 0 Å². The summed E-state index contributed by atoms with van der Waals surface area (Å²) in [7, 11) is 0. The Bertz CT molecular complexity index is 802. The Kier molecular flexibility index (Phi) is 5.52. The molecule has 6 nitrogen and oxygen atoms in total. The molecule has 0 saturated carbocycles. The number of nitrogens with zero attached hydrogens (tertiary/aromatic N) is 3. The number of aliphatic hydroxyl groups is 2. The second-order valence-electron chi connectivity index (χ2n) is 6.52. The predicted molar refractivity (Wildman–Crippen MR) is 89.5 cm³/mol. The Morgan fingerprint density at radius 2 is 1.93 bits per heavy atom. The first-order valence-corrected chi connectivity index (χ1v) is 8.57. The van der Waals surface area contributed by atoms with Crippen molar-refractivity contribution in [3.63, 3.8) is 0 Å². The third-order valence-corrected chi connectivity index (χ3v) is 4.54. The maximum absolute atomic E-state index is 12.6. The number of fused-ring (bicyclic) bond motifs is 1. The number of benzene rings is 1. The number of hydrogen-bond acceptors (Lipinski definition) is 4. The van der Waals surface area contributed by atoms with Crippen LogP contribution in [0, 0.1) is 0 Å². The molecule has 1 aliphatic rings. The smallest absolute Gasteiger partial charge is 0.393 e. The summed E-state index contributed by atoms with van der Waals surface area (Å²) in [6.45, 7) is 0.954. The zero-order chi connectivity index (χ0) is 19.6. The van der Waals surface area contributed by atoms with E-state index in [4.69, 9.17) is 5.11 Å². The maximum Gasteiger partial charge on any atom is 0.416 e. The van der Waals surface area contributed by atoms with Crippen LogP contribution in [0.4, 0.5) is 13.2 Å². The van der Waals surface area contributed by atoms with Gasteiger partial charge in [-0.3, -0.25) is 9.48 Å². The number of carbonyl (C=O) groups is 1. The second-order valence-corrected chi connectivity index (χ2v) is 6.52. The Morgan fingerprint density at radius 3 is 2.56 bits per heavy atom. The highest BCUT2D eigenvalue weighted by Crippen LogP contribution is 2.29. The Morgan fingerprint density at radius 1 is 1.22 bits per heavy atom. The standard InChI is InChI=1S/C18H20F3N3O3/c19-18(20,21)13-4-2-12(3-5-13)8-17(27)23-6-1-7-24-14(10-23)9-15(22-24)16(26)11-25/h2-5,9,16,25-26H,1,6-8,10-11H2/t16-/m0/s1. The summed E-state index contributed by atoms with van der Waals surface area (Å²) in [5.41, 5.74) is 0.870. The molecule has 0 aliphatic carbocycles. The molecule has 0 fully saturated rings. The highest BCUT2D eigenvalue weighted by Gasteiger charge is 2.30. The molecule has 2 N–H and O–H groups in total. The second kappa shape index (κ2) is 7.69. The number of alkyl halides is 3. The molecule has 1 aliphatic heterocycles. The van der Waals surface area contributed by atoms with Crippen LogP contribution in [0.25, 0.3) is 0 Å². The van der Waals surface area contributed by atoms with Crippen LogP contribution < -0.4 is 0 Å². The molecule has 27 heavy (non-hydrogen) atoms. The van der Waals surface area contributed by atoms with E-state index in [9.17, 15) is 23.1 Å². The lowest BCUT2D eigenvalue weighted by Gasteiger charge is -2.20. The molecule has 9 heteroatoms. The van der Waals surface area contributed by atoms with Crippen LogP contribution in [0.2, 0.25) is 0 Å². The third-order valence-electron chi connectivity index (χ3n) is 4.54. The molecule has 2 aromatic rings. The lowest BCUT2D eigenvalue weighted by molar-refractivity contribution is -0.137. The summed E-state index contributed by atoms with van der Waals surface area (Å²) >= 11 is 0. The predicted octanol–water partition coefficient (Wildman–Crippen LogP) is 1.90. The third kappa shape index (κ3) is 4.48. The lowest BCUT2D eigenvalue weighted by atomic mass is 10.1. The molecular formula is C18H20F3N3O3. The quantitative estimate of drug-likeness (QED) is 0.845. The van der Waals surface area contributed by atoms with E-state index in [2.05, 4.69) is 5.10 Å². The minimum atomic E-state index is -4.40. The fourth-order valence-corrected chi connectivity index (χ4v) is 3.05. The molecule has 0 bridgehead atoms. The van der Waals surface area contributed by atoms with Crippen molar-refractivity contribution in [2.75, 3.05) is 13.2 Å². The van der Waals surface area contributed by atoms with E-state index >= 15 is 0 Å². The van der Waals surface area contributed by atoms with Crippen molar-refractivity contribution in [2.45, 2.75) is 38.2 Å². The Labute approximate surface area is 153 Å². The summed E-state index contributed by atoms with van der Waals surface area (Å²) in [4.78, 5) is 14.2. The molecule has 2 heterocycles. The molecular weight excluding hydrogens is 363 g/mol. The van der Waals surface area contributed by atoms with Crippen molar-refractivity contribution in [3.05, 3.63) is 52.8 Å². The van der Waals surface area contributed by atoms with Gasteiger partial charge in [-0.2, -0.15) is 18.3 Å². The highest BCUT2D eigenvalue weighted by molar-refractivity contribution is 5.78. The fraction of sp³-hybridized carbons (Fsp3) is 0.444. The molecule has 0 unspecified atom stereocenters. The van der Waals surface area contributed by atoms with Crippen molar-refractivity contribution in [3.8, 4) is 0 Å². The van der Waals surface area contributed by atoms with E-state index in [0.29, 0.717) is 37.3 Å². The number of carbonyl (C=O) groups excluding carboxylic acids is 1. The first-order valence-electron chi connectivity index (χ1n) is 8.57.